The molecule has 1 aromatic heterocycles. The molecule has 1 aliphatic carbocycles. The molecule has 0 saturated heterocycles. The molecule has 0 aliphatic heterocycles. The van der Waals surface area contributed by atoms with E-state index in [4.69, 9.17) is 4.74 Å². The predicted octanol–water partition coefficient (Wildman–Crippen LogP) is 3.81. The summed E-state index contributed by atoms with van der Waals surface area (Å²) in [5.41, 5.74) is 0.975. The van der Waals surface area contributed by atoms with Gasteiger partial charge in [0, 0.05) is 18.7 Å². The summed E-state index contributed by atoms with van der Waals surface area (Å²) in [6, 6.07) is 8.14. The third kappa shape index (κ3) is 5.48. The van der Waals surface area contributed by atoms with E-state index in [0.29, 0.717) is 18.4 Å². The highest BCUT2D eigenvalue weighted by molar-refractivity contribution is 7.99. The van der Waals surface area contributed by atoms with Crippen LogP contribution >= 0.6 is 11.8 Å². The molecule has 0 unspecified atom stereocenters. The van der Waals surface area contributed by atoms with Gasteiger partial charge in [-0.1, -0.05) is 37.4 Å². The number of hydrogen-bond acceptors (Lipinski definition) is 5. The molecule has 0 atom stereocenters. The van der Waals surface area contributed by atoms with Crippen LogP contribution < -0.4 is 10.1 Å². The zero-order valence-electron chi connectivity index (χ0n) is 16.1. The number of carbonyl (C=O) groups excluding carboxylic acids is 1. The number of benzene rings is 1. The van der Waals surface area contributed by atoms with Gasteiger partial charge in [-0.05, 0) is 44.0 Å². The molecule has 1 fully saturated rings. The topological polar surface area (TPSA) is 69.0 Å². The van der Waals surface area contributed by atoms with Gasteiger partial charge in [0.15, 0.2) is 11.0 Å². The Kier molecular flexibility index (Phi) is 7.15. The Balaban J connectivity index is 1.56. The van der Waals surface area contributed by atoms with E-state index in [1.165, 1.54) is 37.4 Å². The molecule has 0 radical (unpaired) electrons. The van der Waals surface area contributed by atoms with Crippen LogP contribution in [0.25, 0.3) is 11.4 Å². The fourth-order valence-corrected chi connectivity index (χ4v) is 4.10. The number of thioether (sulfide) groups is 1. The minimum atomic E-state index is 0.0810. The molecule has 1 amide bonds. The van der Waals surface area contributed by atoms with Crippen molar-refractivity contribution in [1.29, 1.82) is 0 Å². The number of nitrogens with one attached hydrogen (secondary N) is 1. The smallest absolute Gasteiger partial charge is 0.230 e. The van der Waals surface area contributed by atoms with E-state index >= 15 is 0 Å². The van der Waals surface area contributed by atoms with Gasteiger partial charge in [0.25, 0.3) is 0 Å². The van der Waals surface area contributed by atoms with E-state index in [9.17, 15) is 4.79 Å². The molecule has 1 N–H and O–H groups in total. The van der Waals surface area contributed by atoms with Gasteiger partial charge in [0.1, 0.15) is 5.75 Å². The van der Waals surface area contributed by atoms with Crippen molar-refractivity contribution in [3.8, 4) is 17.1 Å². The standard InChI is InChI=1S/C20H28N4O2S/c1-3-26-17-12-10-15(11-13-17)19-22-23-20(24(19)2)27-14-18(25)21-16-8-6-4-5-7-9-16/h10-13,16H,3-9,14H2,1-2H3,(H,21,25). The summed E-state index contributed by atoms with van der Waals surface area (Å²) in [5, 5.41) is 12.5. The maximum Gasteiger partial charge on any atom is 0.230 e. The van der Waals surface area contributed by atoms with E-state index in [1.807, 2.05) is 42.8 Å². The number of aromatic nitrogens is 3. The Labute approximate surface area is 165 Å². The Morgan fingerprint density at radius 2 is 1.89 bits per heavy atom. The van der Waals surface area contributed by atoms with Crippen LogP contribution in [0.1, 0.15) is 45.4 Å². The molecule has 27 heavy (non-hydrogen) atoms. The summed E-state index contributed by atoms with van der Waals surface area (Å²) in [6.45, 7) is 2.61. The first-order chi connectivity index (χ1) is 13.2. The van der Waals surface area contributed by atoms with Crippen molar-refractivity contribution in [2.75, 3.05) is 12.4 Å². The first kappa shape index (κ1) is 19.7. The molecular formula is C20H28N4O2S. The van der Waals surface area contributed by atoms with Crippen molar-refractivity contribution in [3.63, 3.8) is 0 Å². The lowest BCUT2D eigenvalue weighted by Gasteiger charge is -2.15. The summed E-state index contributed by atoms with van der Waals surface area (Å²) >= 11 is 1.43. The summed E-state index contributed by atoms with van der Waals surface area (Å²) < 4.78 is 7.41. The Morgan fingerprint density at radius 3 is 2.56 bits per heavy atom. The highest BCUT2D eigenvalue weighted by Crippen LogP contribution is 2.24. The zero-order chi connectivity index (χ0) is 19.1. The van der Waals surface area contributed by atoms with Crippen molar-refractivity contribution in [2.45, 2.75) is 56.6 Å². The number of ether oxygens (including phenoxy) is 1. The van der Waals surface area contributed by atoms with E-state index < -0.39 is 0 Å². The highest BCUT2D eigenvalue weighted by Gasteiger charge is 2.17. The van der Waals surface area contributed by atoms with E-state index in [-0.39, 0.29) is 5.91 Å². The third-order valence-electron chi connectivity index (χ3n) is 4.81. The lowest BCUT2D eigenvalue weighted by molar-refractivity contribution is -0.119. The normalized spacial score (nSPS) is 15.3. The first-order valence-electron chi connectivity index (χ1n) is 9.72. The number of carbonyl (C=O) groups is 1. The fraction of sp³-hybridized carbons (Fsp3) is 0.550. The average Bonchev–Trinajstić information content (AvgIpc) is 2.86. The number of amides is 1. The Bertz CT molecular complexity index is 737. The number of nitrogens with zero attached hydrogens (tertiary/aromatic N) is 3. The molecule has 1 aromatic carbocycles. The second kappa shape index (κ2) is 9.78. The van der Waals surface area contributed by atoms with Crippen molar-refractivity contribution >= 4 is 17.7 Å². The van der Waals surface area contributed by atoms with Crippen LogP contribution in [0.4, 0.5) is 0 Å². The van der Waals surface area contributed by atoms with Gasteiger partial charge in [-0.25, -0.2) is 0 Å². The van der Waals surface area contributed by atoms with Gasteiger partial charge in [-0.15, -0.1) is 10.2 Å². The maximum absolute atomic E-state index is 12.3. The Hall–Kier alpha value is -2.02. The zero-order valence-corrected chi connectivity index (χ0v) is 16.9. The van der Waals surface area contributed by atoms with Crippen LogP contribution in [0.5, 0.6) is 5.75 Å². The SMILES string of the molecule is CCOc1ccc(-c2nnc(SCC(=O)NC3CCCCCC3)n2C)cc1. The maximum atomic E-state index is 12.3. The van der Waals surface area contributed by atoms with Gasteiger partial charge < -0.3 is 14.6 Å². The van der Waals surface area contributed by atoms with Crippen LogP contribution in [0.15, 0.2) is 29.4 Å². The summed E-state index contributed by atoms with van der Waals surface area (Å²) in [4.78, 5) is 12.3. The van der Waals surface area contributed by atoms with E-state index in [2.05, 4.69) is 15.5 Å². The van der Waals surface area contributed by atoms with Crippen LogP contribution in [-0.4, -0.2) is 39.1 Å². The minimum Gasteiger partial charge on any atom is -0.494 e. The van der Waals surface area contributed by atoms with Crippen molar-refractivity contribution < 1.29 is 9.53 Å². The van der Waals surface area contributed by atoms with Crippen LogP contribution in [-0.2, 0) is 11.8 Å². The lowest BCUT2D eigenvalue weighted by Crippen LogP contribution is -2.35. The summed E-state index contributed by atoms with van der Waals surface area (Å²) in [6.07, 6.45) is 7.20. The molecule has 1 saturated carbocycles. The highest BCUT2D eigenvalue weighted by atomic mass is 32.2. The van der Waals surface area contributed by atoms with Gasteiger partial charge in [0.2, 0.25) is 5.91 Å². The van der Waals surface area contributed by atoms with Gasteiger partial charge in [-0.2, -0.15) is 0 Å². The molecular weight excluding hydrogens is 360 g/mol. The quantitative estimate of drug-likeness (QED) is 0.577. The molecule has 1 aliphatic rings. The van der Waals surface area contributed by atoms with Crippen molar-refractivity contribution in [3.05, 3.63) is 24.3 Å². The first-order valence-corrected chi connectivity index (χ1v) is 10.7. The number of rotatable bonds is 7. The molecule has 0 bridgehead atoms. The molecule has 1 heterocycles. The third-order valence-corrected chi connectivity index (χ3v) is 5.83. The van der Waals surface area contributed by atoms with Crippen molar-refractivity contribution in [2.24, 2.45) is 7.05 Å². The van der Waals surface area contributed by atoms with Crippen LogP contribution in [0.3, 0.4) is 0 Å². The molecule has 3 rings (SSSR count). The van der Waals surface area contributed by atoms with Crippen LogP contribution in [0.2, 0.25) is 0 Å². The van der Waals surface area contributed by atoms with E-state index in [0.717, 1.165) is 35.1 Å². The fourth-order valence-electron chi connectivity index (χ4n) is 3.38. The molecule has 146 valence electrons. The van der Waals surface area contributed by atoms with Gasteiger partial charge in [-0.3, -0.25) is 4.79 Å². The Morgan fingerprint density at radius 1 is 1.19 bits per heavy atom. The second-order valence-corrected chi connectivity index (χ2v) is 7.81. The monoisotopic (exact) mass is 388 g/mol. The van der Waals surface area contributed by atoms with Gasteiger partial charge >= 0.3 is 0 Å². The summed E-state index contributed by atoms with van der Waals surface area (Å²) in [7, 11) is 1.93. The van der Waals surface area contributed by atoms with E-state index in [1.54, 1.807) is 0 Å². The summed E-state index contributed by atoms with van der Waals surface area (Å²) in [5.74, 6) is 2.07. The van der Waals surface area contributed by atoms with Crippen LogP contribution in [0, 0.1) is 0 Å². The largest absolute Gasteiger partial charge is 0.494 e. The number of hydrogen-bond donors (Lipinski definition) is 1. The minimum absolute atomic E-state index is 0.0810. The average molecular weight is 389 g/mol. The van der Waals surface area contributed by atoms with Gasteiger partial charge in [0.05, 0.1) is 12.4 Å². The molecule has 6 nitrogen and oxygen atoms in total. The second-order valence-electron chi connectivity index (χ2n) is 6.87. The molecule has 0 spiro atoms. The lowest BCUT2D eigenvalue weighted by atomic mass is 10.1. The predicted molar refractivity (Wildman–Crippen MR) is 108 cm³/mol. The molecule has 2 aromatic rings. The van der Waals surface area contributed by atoms with Crippen molar-refractivity contribution in [1.82, 2.24) is 20.1 Å². The molecule has 7 heteroatoms.